The van der Waals surface area contributed by atoms with Crippen LogP contribution in [0, 0.1) is 0 Å². The van der Waals surface area contributed by atoms with Crippen LogP contribution in [-0.4, -0.2) is 27.9 Å². The second-order valence-corrected chi connectivity index (χ2v) is 5.60. The molecule has 0 fully saturated rings. The summed E-state index contributed by atoms with van der Waals surface area (Å²) < 4.78 is 5.69. The van der Waals surface area contributed by atoms with Crippen LogP contribution in [0.15, 0.2) is 59.7 Å². The predicted octanol–water partition coefficient (Wildman–Crippen LogP) is 2.27. The van der Waals surface area contributed by atoms with Crippen molar-refractivity contribution in [2.75, 3.05) is 7.05 Å². The van der Waals surface area contributed by atoms with Gasteiger partial charge in [-0.25, -0.2) is 4.98 Å². The molecule has 7 heteroatoms. The molecular weight excluding hydrogens is 344 g/mol. The molecule has 2 N–H and O–H groups in total. The van der Waals surface area contributed by atoms with Crippen molar-refractivity contribution in [3.05, 3.63) is 87.9 Å². The van der Waals surface area contributed by atoms with Gasteiger partial charge in [-0.15, -0.1) is 0 Å². The molecule has 0 aliphatic rings. The van der Waals surface area contributed by atoms with Gasteiger partial charge in [0.2, 0.25) is 0 Å². The monoisotopic (exact) mass is 362 g/mol. The number of rotatable bonds is 6. The van der Waals surface area contributed by atoms with Gasteiger partial charge in [0.1, 0.15) is 23.7 Å². The standard InChI is InChI=1S/C20H18N4O3/c1-21-19(25)17-12-23-18(24-20(17)26)10-7-14-5-8-16(9-6-14)27-13-15-4-2-3-11-22-15/h2-12H,13H2,1H3,(H,21,25)(H,23,24,26)/b10-7+. The predicted molar refractivity (Wildman–Crippen MR) is 102 cm³/mol. The smallest absolute Gasteiger partial charge is 0.263 e. The van der Waals surface area contributed by atoms with E-state index in [4.69, 9.17) is 4.74 Å². The molecule has 2 heterocycles. The van der Waals surface area contributed by atoms with Crippen LogP contribution in [0.2, 0.25) is 0 Å². The number of carbonyl (C=O) groups excluding carboxylic acids is 1. The fourth-order valence-corrected chi connectivity index (χ4v) is 2.28. The van der Waals surface area contributed by atoms with Gasteiger partial charge in [-0.3, -0.25) is 14.6 Å². The first-order valence-electron chi connectivity index (χ1n) is 8.28. The maximum absolute atomic E-state index is 11.9. The van der Waals surface area contributed by atoms with Crippen LogP contribution in [-0.2, 0) is 6.61 Å². The summed E-state index contributed by atoms with van der Waals surface area (Å²) in [5.41, 5.74) is 1.27. The zero-order chi connectivity index (χ0) is 19.1. The van der Waals surface area contributed by atoms with Crippen molar-refractivity contribution in [3.63, 3.8) is 0 Å². The average molecular weight is 362 g/mol. The number of nitrogens with zero attached hydrogens (tertiary/aromatic N) is 2. The molecule has 0 saturated carbocycles. The van der Waals surface area contributed by atoms with Gasteiger partial charge in [0.25, 0.3) is 11.5 Å². The highest BCUT2D eigenvalue weighted by molar-refractivity contribution is 5.93. The van der Waals surface area contributed by atoms with Crippen LogP contribution in [0.1, 0.15) is 27.4 Å². The molecule has 1 aromatic carbocycles. The Morgan fingerprint density at radius 3 is 2.63 bits per heavy atom. The number of hydrogen-bond acceptors (Lipinski definition) is 5. The summed E-state index contributed by atoms with van der Waals surface area (Å²) in [5, 5.41) is 2.39. The summed E-state index contributed by atoms with van der Waals surface area (Å²) in [6, 6.07) is 13.2. The third kappa shape index (κ3) is 4.88. The third-order valence-corrected chi connectivity index (χ3v) is 3.72. The van der Waals surface area contributed by atoms with Gasteiger partial charge in [-0.2, -0.15) is 0 Å². The number of ether oxygens (including phenoxy) is 1. The number of benzene rings is 1. The highest BCUT2D eigenvalue weighted by Gasteiger charge is 2.08. The van der Waals surface area contributed by atoms with Crippen molar-refractivity contribution < 1.29 is 9.53 Å². The third-order valence-electron chi connectivity index (χ3n) is 3.72. The van der Waals surface area contributed by atoms with Crippen molar-refractivity contribution in [1.82, 2.24) is 20.3 Å². The lowest BCUT2D eigenvalue weighted by Crippen LogP contribution is -2.27. The molecule has 7 nitrogen and oxygen atoms in total. The van der Waals surface area contributed by atoms with E-state index in [1.54, 1.807) is 18.3 Å². The Balaban J connectivity index is 1.63. The summed E-state index contributed by atoms with van der Waals surface area (Å²) in [6.45, 7) is 0.402. The van der Waals surface area contributed by atoms with Gasteiger partial charge in [0.05, 0.1) is 5.69 Å². The zero-order valence-electron chi connectivity index (χ0n) is 14.7. The fraction of sp³-hybridized carbons (Fsp3) is 0.100. The van der Waals surface area contributed by atoms with Gasteiger partial charge in [0, 0.05) is 19.4 Å². The van der Waals surface area contributed by atoms with E-state index in [-0.39, 0.29) is 5.56 Å². The molecule has 0 unspecified atom stereocenters. The molecular formula is C20H18N4O3. The van der Waals surface area contributed by atoms with Crippen LogP contribution in [0.25, 0.3) is 12.2 Å². The number of aromatic nitrogens is 3. The van der Waals surface area contributed by atoms with E-state index < -0.39 is 11.5 Å². The van der Waals surface area contributed by atoms with E-state index in [2.05, 4.69) is 20.3 Å². The minimum Gasteiger partial charge on any atom is -0.487 e. The SMILES string of the molecule is CNC(=O)c1cnc(/C=C/c2ccc(OCc3ccccn3)cc2)[nH]c1=O. The highest BCUT2D eigenvalue weighted by atomic mass is 16.5. The Morgan fingerprint density at radius 1 is 1.15 bits per heavy atom. The minimum atomic E-state index is -0.484. The molecule has 0 bridgehead atoms. The topological polar surface area (TPSA) is 97.0 Å². The van der Waals surface area contributed by atoms with Crippen LogP contribution in [0.3, 0.4) is 0 Å². The van der Waals surface area contributed by atoms with Gasteiger partial charge in [-0.1, -0.05) is 24.3 Å². The summed E-state index contributed by atoms with van der Waals surface area (Å²) in [4.78, 5) is 34.2. The second-order valence-electron chi connectivity index (χ2n) is 5.60. The van der Waals surface area contributed by atoms with Gasteiger partial charge >= 0.3 is 0 Å². The lowest BCUT2D eigenvalue weighted by atomic mass is 10.2. The van der Waals surface area contributed by atoms with Crippen LogP contribution in [0.5, 0.6) is 5.75 Å². The van der Waals surface area contributed by atoms with Crippen LogP contribution in [0.4, 0.5) is 0 Å². The molecule has 3 aromatic rings. The fourth-order valence-electron chi connectivity index (χ4n) is 2.28. The van der Waals surface area contributed by atoms with Gasteiger partial charge in [0.15, 0.2) is 0 Å². The highest BCUT2D eigenvalue weighted by Crippen LogP contribution is 2.15. The van der Waals surface area contributed by atoms with E-state index in [0.29, 0.717) is 12.4 Å². The lowest BCUT2D eigenvalue weighted by molar-refractivity contribution is 0.0961. The number of aromatic amines is 1. The molecule has 0 spiro atoms. The van der Waals surface area contributed by atoms with Gasteiger partial charge < -0.3 is 15.0 Å². The summed E-state index contributed by atoms with van der Waals surface area (Å²) in [7, 11) is 1.46. The number of hydrogen-bond donors (Lipinski definition) is 2. The Hall–Kier alpha value is -3.74. The van der Waals surface area contributed by atoms with Crippen LogP contribution >= 0.6 is 0 Å². The number of H-pyrrole nitrogens is 1. The summed E-state index contributed by atoms with van der Waals surface area (Å²) in [6.07, 6.45) is 6.46. The molecule has 3 rings (SSSR count). The first-order chi connectivity index (χ1) is 13.2. The number of pyridine rings is 1. The van der Waals surface area contributed by atoms with Crippen molar-refractivity contribution in [1.29, 1.82) is 0 Å². The van der Waals surface area contributed by atoms with E-state index >= 15 is 0 Å². The van der Waals surface area contributed by atoms with Crippen molar-refractivity contribution >= 4 is 18.1 Å². The van der Waals surface area contributed by atoms with Crippen molar-refractivity contribution in [3.8, 4) is 5.75 Å². The van der Waals surface area contributed by atoms with Crippen LogP contribution < -0.4 is 15.6 Å². The minimum absolute atomic E-state index is 0.0240. The maximum atomic E-state index is 11.9. The molecule has 2 aromatic heterocycles. The number of carbonyl (C=O) groups is 1. The maximum Gasteiger partial charge on any atom is 0.263 e. The molecule has 0 aliphatic carbocycles. The Bertz CT molecular complexity index is 996. The zero-order valence-corrected chi connectivity index (χ0v) is 14.7. The van der Waals surface area contributed by atoms with E-state index in [1.807, 2.05) is 42.5 Å². The molecule has 1 amide bonds. The van der Waals surface area contributed by atoms with Gasteiger partial charge in [-0.05, 0) is 35.9 Å². The first-order valence-corrected chi connectivity index (χ1v) is 8.28. The van der Waals surface area contributed by atoms with E-state index in [1.165, 1.54) is 13.2 Å². The average Bonchev–Trinajstić information content (AvgIpc) is 2.72. The summed E-state index contributed by atoms with van der Waals surface area (Å²) >= 11 is 0. The largest absolute Gasteiger partial charge is 0.487 e. The van der Waals surface area contributed by atoms with Crippen molar-refractivity contribution in [2.45, 2.75) is 6.61 Å². The van der Waals surface area contributed by atoms with Crippen molar-refractivity contribution in [2.24, 2.45) is 0 Å². The number of amides is 1. The summed E-state index contributed by atoms with van der Waals surface area (Å²) in [5.74, 6) is 0.628. The second kappa shape index (κ2) is 8.57. The molecule has 0 atom stereocenters. The first kappa shape index (κ1) is 18.1. The normalized spacial score (nSPS) is 10.7. The Labute approximate surface area is 155 Å². The lowest BCUT2D eigenvalue weighted by Gasteiger charge is -2.05. The van der Waals surface area contributed by atoms with E-state index in [9.17, 15) is 9.59 Å². The Morgan fingerprint density at radius 2 is 1.96 bits per heavy atom. The number of nitrogens with one attached hydrogen (secondary N) is 2. The quantitative estimate of drug-likeness (QED) is 0.701. The molecule has 0 aliphatic heterocycles. The van der Waals surface area contributed by atoms with E-state index in [0.717, 1.165) is 17.0 Å². The molecule has 136 valence electrons. The molecule has 0 saturated heterocycles. The Kier molecular flexibility index (Phi) is 5.73. The molecule has 0 radical (unpaired) electrons. The molecule has 27 heavy (non-hydrogen) atoms.